The maximum atomic E-state index is 9.53. The summed E-state index contributed by atoms with van der Waals surface area (Å²) in [6.45, 7) is 11.3. The summed E-state index contributed by atoms with van der Waals surface area (Å²) in [7, 11) is -1.67. The molecule has 1 N–H and O–H groups in total. The molecule has 0 amide bonds. The lowest BCUT2D eigenvalue weighted by Gasteiger charge is -2.38. The van der Waals surface area contributed by atoms with E-state index < -0.39 is 8.32 Å². The molecule has 0 aromatic carbocycles. The van der Waals surface area contributed by atoms with E-state index in [4.69, 9.17) is 4.43 Å². The fourth-order valence-corrected chi connectivity index (χ4v) is 2.93. The van der Waals surface area contributed by atoms with Crippen LogP contribution in [0.4, 0.5) is 0 Å². The van der Waals surface area contributed by atoms with E-state index in [2.05, 4.69) is 39.9 Å². The summed E-state index contributed by atoms with van der Waals surface area (Å²) in [6, 6.07) is 0. The van der Waals surface area contributed by atoms with Gasteiger partial charge in [0.15, 0.2) is 8.32 Å². The number of rotatable bonds is 2. The SMILES string of the molecule is CC(C)(C)[Si](C)(C)O[C@@H]1C=C[C@H](O)CCC1. The highest BCUT2D eigenvalue weighted by Crippen LogP contribution is 2.38. The molecule has 0 saturated carbocycles. The molecule has 1 aliphatic carbocycles. The first-order chi connectivity index (χ1) is 7.22. The van der Waals surface area contributed by atoms with Crippen LogP contribution in [0.25, 0.3) is 0 Å². The van der Waals surface area contributed by atoms with Crippen LogP contribution in [0, 0.1) is 0 Å². The minimum Gasteiger partial charge on any atom is -0.411 e. The molecule has 0 saturated heterocycles. The Bertz CT molecular complexity index is 253. The topological polar surface area (TPSA) is 29.5 Å². The van der Waals surface area contributed by atoms with Gasteiger partial charge in [-0.2, -0.15) is 0 Å². The minimum absolute atomic E-state index is 0.207. The first-order valence-corrected chi connectivity index (χ1v) is 9.17. The lowest BCUT2D eigenvalue weighted by Crippen LogP contribution is -2.43. The molecule has 2 nitrogen and oxygen atoms in total. The molecule has 0 heterocycles. The van der Waals surface area contributed by atoms with Gasteiger partial charge < -0.3 is 9.53 Å². The van der Waals surface area contributed by atoms with Crippen molar-refractivity contribution in [3.63, 3.8) is 0 Å². The predicted molar refractivity (Wildman–Crippen MR) is 71.1 cm³/mol. The van der Waals surface area contributed by atoms with Crippen LogP contribution in [0.15, 0.2) is 12.2 Å². The van der Waals surface area contributed by atoms with Gasteiger partial charge in [-0.15, -0.1) is 0 Å². The average Bonchev–Trinajstić information content (AvgIpc) is 2.28. The summed E-state index contributed by atoms with van der Waals surface area (Å²) in [5, 5.41) is 9.79. The van der Waals surface area contributed by atoms with Crippen molar-refractivity contribution in [1.82, 2.24) is 0 Å². The van der Waals surface area contributed by atoms with Crippen molar-refractivity contribution in [2.75, 3.05) is 0 Å². The molecule has 1 aliphatic rings. The fourth-order valence-electron chi connectivity index (χ4n) is 1.63. The van der Waals surface area contributed by atoms with E-state index in [0.717, 1.165) is 19.3 Å². The molecule has 0 radical (unpaired) electrons. The van der Waals surface area contributed by atoms with Crippen molar-refractivity contribution in [3.05, 3.63) is 12.2 Å². The number of hydrogen-bond acceptors (Lipinski definition) is 2. The average molecular weight is 242 g/mol. The molecular formula is C13H26O2Si. The fraction of sp³-hybridized carbons (Fsp3) is 0.846. The summed E-state index contributed by atoms with van der Waals surface area (Å²) in [5.74, 6) is 0. The van der Waals surface area contributed by atoms with E-state index in [1.807, 2.05) is 6.08 Å². The quantitative estimate of drug-likeness (QED) is 0.593. The molecular weight excluding hydrogens is 216 g/mol. The van der Waals surface area contributed by atoms with Crippen molar-refractivity contribution in [1.29, 1.82) is 0 Å². The minimum atomic E-state index is -1.67. The van der Waals surface area contributed by atoms with Gasteiger partial charge in [-0.3, -0.25) is 0 Å². The Balaban J connectivity index is 2.63. The second-order valence-corrected chi connectivity index (χ2v) is 11.1. The summed E-state index contributed by atoms with van der Waals surface area (Å²) in [5.41, 5.74) is 0. The monoisotopic (exact) mass is 242 g/mol. The van der Waals surface area contributed by atoms with Gasteiger partial charge in [-0.1, -0.05) is 32.9 Å². The van der Waals surface area contributed by atoms with Crippen molar-refractivity contribution in [3.8, 4) is 0 Å². The molecule has 0 unspecified atom stereocenters. The van der Waals surface area contributed by atoms with Gasteiger partial charge in [0.25, 0.3) is 0 Å². The van der Waals surface area contributed by atoms with E-state index in [0.29, 0.717) is 0 Å². The highest BCUT2D eigenvalue weighted by Gasteiger charge is 2.38. The Morgan fingerprint density at radius 3 is 2.38 bits per heavy atom. The van der Waals surface area contributed by atoms with Crippen molar-refractivity contribution in [2.45, 2.75) is 70.4 Å². The molecule has 0 aromatic rings. The maximum absolute atomic E-state index is 9.53. The van der Waals surface area contributed by atoms with E-state index in [1.165, 1.54) is 0 Å². The van der Waals surface area contributed by atoms with Gasteiger partial charge in [0.2, 0.25) is 0 Å². The van der Waals surface area contributed by atoms with E-state index in [-0.39, 0.29) is 17.2 Å². The van der Waals surface area contributed by atoms with Crippen LogP contribution in [0.1, 0.15) is 40.0 Å². The molecule has 1 rings (SSSR count). The molecule has 16 heavy (non-hydrogen) atoms. The van der Waals surface area contributed by atoms with Crippen LogP contribution in [-0.2, 0) is 4.43 Å². The third kappa shape index (κ3) is 3.72. The number of hydrogen-bond donors (Lipinski definition) is 1. The second kappa shape index (κ2) is 5.03. The van der Waals surface area contributed by atoms with Crippen molar-refractivity contribution < 1.29 is 9.53 Å². The molecule has 3 heteroatoms. The Morgan fingerprint density at radius 1 is 1.19 bits per heavy atom. The van der Waals surface area contributed by atoms with Gasteiger partial charge in [-0.05, 0) is 37.4 Å². The molecule has 2 atom stereocenters. The van der Waals surface area contributed by atoms with Crippen LogP contribution >= 0.6 is 0 Å². The summed E-state index contributed by atoms with van der Waals surface area (Å²) < 4.78 is 6.31. The summed E-state index contributed by atoms with van der Waals surface area (Å²) >= 11 is 0. The van der Waals surface area contributed by atoms with Gasteiger partial charge in [0.05, 0.1) is 12.2 Å². The van der Waals surface area contributed by atoms with Gasteiger partial charge in [0, 0.05) is 0 Å². The van der Waals surface area contributed by atoms with Crippen LogP contribution in [0.5, 0.6) is 0 Å². The zero-order valence-electron chi connectivity index (χ0n) is 11.3. The Morgan fingerprint density at radius 2 is 1.81 bits per heavy atom. The highest BCUT2D eigenvalue weighted by molar-refractivity contribution is 6.74. The number of aliphatic hydroxyl groups is 1. The van der Waals surface area contributed by atoms with Gasteiger partial charge in [0.1, 0.15) is 0 Å². The largest absolute Gasteiger partial charge is 0.411 e. The molecule has 0 spiro atoms. The Kier molecular flexibility index (Phi) is 4.38. The van der Waals surface area contributed by atoms with Gasteiger partial charge >= 0.3 is 0 Å². The first kappa shape index (κ1) is 13.9. The van der Waals surface area contributed by atoms with Gasteiger partial charge in [-0.25, -0.2) is 0 Å². The van der Waals surface area contributed by atoms with E-state index in [9.17, 15) is 5.11 Å². The van der Waals surface area contributed by atoms with Crippen LogP contribution < -0.4 is 0 Å². The van der Waals surface area contributed by atoms with Crippen LogP contribution in [0.2, 0.25) is 18.1 Å². The highest BCUT2D eigenvalue weighted by atomic mass is 28.4. The van der Waals surface area contributed by atoms with Crippen molar-refractivity contribution in [2.24, 2.45) is 0 Å². The zero-order chi connectivity index (χ0) is 12.4. The number of aliphatic hydroxyl groups excluding tert-OH is 1. The summed E-state index contributed by atoms with van der Waals surface area (Å²) in [6.07, 6.45) is 6.84. The predicted octanol–water partition coefficient (Wildman–Crippen LogP) is 3.48. The molecule has 0 fully saturated rings. The zero-order valence-corrected chi connectivity index (χ0v) is 12.3. The lowest BCUT2D eigenvalue weighted by atomic mass is 10.2. The normalized spacial score (nSPS) is 27.9. The molecule has 0 aromatic heterocycles. The van der Waals surface area contributed by atoms with E-state index >= 15 is 0 Å². The third-order valence-electron chi connectivity index (χ3n) is 3.79. The molecule has 0 aliphatic heterocycles. The summed E-state index contributed by atoms with van der Waals surface area (Å²) in [4.78, 5) is 0. The molecule has 0 bridgehead atoms. The molecule has 94 valence electrons. The second-order valence-electron chi connectivity index (χ2n) is 6.30. The smallest absolute Gasteiger partial charge is 0.192 e. The lowest BCUT2D eigenvalue weighted by molar-refractivity contribution is 0.199. The van der Waals surface area contributed by atoms with E-state index in [1.54, 1.807) is 0 Å². The Hall–Kier alpha value is -0.123. The first-order valence-electron chi connectivity index (χ1n) is 6.26. The third-order valence-corrected chi connectivity index (χ3v) is 8.29. The van der Waals surface area contributed by atoms with Crippen LogP contribution in [0.3, 0.4) is 0 Å². The van der Waals surface area contributed by atoms with Crippen LogP contribution in [-0.4, -0.2) is 25.6 Å². The Labute approximate surface area is 101 Å². The maximum Gasteiger partial charge on any atom is 0.192 e. The van der Waals surface area contributed by atoms with Crippen molar-refractivity contribution >= 4 is 8.32 Å². The standard InChI is InChI=1S/C13H26O2Si/c1-13(2,3)16(4,5)15-12-8-6-7-11(14)9-10-12/h9-12,14H,6-8H2,1-5H3/t11-,12+/m1/s1.